The van der Waals surface area contributed by atoms with E-state index in [0.29, 0.717) is 45.0 Å². The summed E-state index contributed by atoms with van der Waals surface area (Å²) in [5.74, 6) is 2.07. The third-order valence-electron chi connectivity index (χ3n) is 4.90. The van der Waals surface area contributed by atoms with E-state index in [4.69, 9.17) is 14.2 Å². The number of para-hydroxylation sites is 1. The summed E-state index contributed by atoms with van der Waals surface area (Å²) in [6, 6.07) is 24.2. The molecule has 0 spiro atoms. The maximum atomic E-state index is 13.3. The zero-order valence-corrected chi connectivity index (χ0v) is 18.0. The van der Waals surface area contributed by atoms with Gasteiger partial charge in [-0.2, -0.15) is 4.98 Å². The summed E-state index contributed by atoms with van der Waals surface area (Å²) in [5.41, 5.74) is 2.08. The van der Waals surface area contributed by atoms with Crippen molar-refractivity contribution in [3.05, 3.63) is 95.1 Å². The standard InChI is InChI=1S/C24H18N4O3S/c1-30-18-13-11-17(12-14-18)28-23(29)19-9-5-6-10-20(19)25-24(28)32-15-21-26-22(27-31-21)16-7-3-2-4-8-16/h2-14H,15H2,1H3. The Labute approximate surface area is 187 Å². The lowest BCUT2D eigenvalue weighted by Crippen LogP contribution is -2.21. The topological polar surface area (TPSA) is 83.0 Å². The van der Waals surface area contributed by atoms with Gasteiger partial charge < -0.3 is 9.26 Å². The molecule has 8 heteroatoms. The molecule has 5 aromatic rings. The van der Waals surface area contributed by atoms with Gasteiger partial charge >= 0.3 is 0 Å². The van der Waals surface area contributed by atoms with Crippen molar-refractivity contribution in [3.63, 3.8) is 0 Å². The molecule has 0 saturated heterocycles. The SMILES string of the molecule is COc1ccc(-n2c(SCc3nc(-c4ccccc4)no3)nc3ccccc3c2=O)cc1. The maximum Gasteiger partial charge on any atom is 0.266 e. The summed E-state index contributed by atoms with van der Waals surface area (Å²) in [6.07, 6.45) is 0. The number of methoxy groups -OCH3 is 1. The lowest BCUT2D eigenvalue weighted by atomic mass is 10.2. The molecule has 158 valence electrons. The number of ether oxygens (including phenoxy) is 1. The predicted octanol–water partition coefficient (Wildman–Crippen LogP) is 4.74. The van der Waals surface area contributed by atoms with E-state index in [-0.39, 0.29) is 5.56 Å². The first-order valence-corrected chi connectivity index (χ1v) is 10.9. The van der Waals surface area contributed by atoms with Gasteiger partial charge in [-0.25, -0.2) is 4.98 Å². The summed E-state index contributed by atoms with van der Waals surface area (Å²) < 4.78 is 12.3. The number of nitrogens with zero attached hydrogens (tertiary/aromatic N) is 4. The van der Waals surface area contributed by atoms with E-state index in [1.165, 1.54) is 11.8 Å². The van der Waals surface area contributed by atoms with Crippen molar-refractivity contribution in [2.45, 2.75) is 10.9 Å². The fourth-order valence-corrected chi connectivity index (χ4v) is 4.16. The molecule has 3 aromatic carbocycles. The van der Waals surface area contributed by atoms with Gasteiger partial charge in [0.05, 0.1) is 29.5 Å². The molecule has 0 fully saturated rings. The van der Waals surface area contributed by atoms with Crippen LogP contribution in [0.4, 0.5) is 0 Å². The van der Waals surface area contributed by atoms with Crippen LogP contribution in [0.5, 0.6) is 5.75 Å². The quantitative estimate of drug-likeness (QED) is 0.277. The van der Waals surface area contributed by atoms with Gasteiger partial charge in [0.15, 0.2) is 5.16 Å². The Morgan fingerprint density at radius 3 is 2.47 bits per heavy atom. The smallest absolute Gasteiger partial charge is 0.266 e. The molecular weight excluding hydrogens is 424 g/mol. The average molecular weight is 443 g/mol. The highest BCUT2D eigenvalue weighted by Gasteiger charge is 2.16. The molecule has 0 aliphatic heterocycles. The molecule has 0 bridgehead atoms. The fraction of sp³-hybridized carbons (Fsp3) is 0.0833. The van der Waals surface area contributed by atoms with E-state index in [1.807, 2.05) is 72.8 Å². The van der Waals surface area contributed by atoms with Crippen molar-refractivity contribution < 1.29 is 9.26 Å². The van der Waals surface area contributed by atoms with Crippen molar-refractivity contribution in [3.8, 4) is 22.8 Å². The van der Waals surface area contributed by atoms with Crippen LogP contribution in [-0.4, -0.2) is 26.8 Å². The molecule has 7 nitrogen and oxygen atoms in total. The van der Waals surface area contributed by atoms with E-state index in [2.05, 4.69) is 10.1 Å². The van der Waals surface area contributed by atoms with Gasteiger partial charge in [-0.1, -0.05) is 59.4 Å². The largest absolute Gasteiger partial charge is 0.497 e. The molecular formula is C24H18N4O3S. The van der Waals surface area contributed by atoms with Crippen molar-refractivity contribution in [2.24, 2.45) is 0 Å². The molecule has 5 rings (SSSR count). The Balaban J connectivity index is 1.51. The summed E-state index contributed by atoms with van der Waals surface area (Å²) in [7, 11) is 1.61. The molecule has 0 radical (unpaired) electrons. The molecule has 0 saturated carbocycles. The van der Waals surface area contributed by atoms with Crippen molar-refractivity contribution in [1.82, 2.24) is 19.7 Å². The summed E-state index contributed by atoms with van der Waals surface area (Å²) in [5, 5.41) is 5.16. The second-order valence-electron chi connectivity index (χ2n) is 6.92. The minimum atomic E-state index is -0.140. The number of hydrogen-bond acceptors (Lipinski definition) is 7. The van der Waals surface area contributed by atoms with E-state index in [9.17, 15) is 4.79 Å². The molecule has 0 atom stereocenters. The number of thioether (sulfide) groups is 1. The Hall–Kier alpha value is -3.91. The first kappa shape index (κ1) is 20.0. The lowest BCUT2D eigenvalue weighted by molar-refractivity contribution is 0.391. The molecule has 2 aromatic heterocycles. The number of fused-ring (bicyclic) bond motifs is 1. The summed E-state index contributed by atoms with van der Waals surface area (Å²) in [6.45, 7) is 0. The highest BCUT2D eigenvalue weighted by molar-refractivity contribution is 7.98. The van der Waals surface area contributed by atoms with Crippen LogP contribution in [0.15, 0.2) is 93.3 Å². The van der Waals surface area contributed by atoms with E-state index >= 15 is 0 Å². The number of rotatable bonds is 6. The van der Waals surface area contributed by atoms with Crippen molar-refractivity contribution in [2.75, 3.05) is 7.11 Å². The molecule has 0 N–H and O–H groups in total. The zero-order chi connectivity index (χ0) is 21.9. The maximum absolute atomic E-state index is 13.3. The highest BCUT2D eigenvalue weighted by atomic mass is 32.2. The third-order valence-corrected chi connectivity index (χ3v) is 5.82. The van der Waals surface area contributed by atoms with Crippen LogP contribution in [0.1, 0.15) is 5.89 Å². The summed E-state index contributed by atoms with van der Waals surface area (Å²) >= 11 is 1.37. The lowest BCUT2D eigenvalue weighted by Gasteiger charge is -2.13. The van der Waals surface area contributed by atoms with E-state index in [1.54, 1.807) is 17.7 Å². The predicted molar refractivity (Wildman–Crippen MR) is 123 cm³/mol. The number of benzene rings is 3. The van der Waals surface area contributed by atoms with E-state index in [0.717, 1.165) is 5.56 Å². The van der Waals surface area contributed by atoms with Crippen LogP contribution in [0.2, 0.25) is 0 Å². The number of hydrogen-bond donors (Lipinski definition) is 0. The highest BCUT2D eigenvalue weighted by Crippen LogP contribution is 2.26. The van der Waals surface area contributed by atoms with Gasteiger partial charge in [0, 0.05) is 5.56 Å². The van der Waals surface area contributed by atoms with Crippen molar-refractivity contribution in [1.29, 1.82) is 0 Å². The summed E-state index contributed by atoms with van der Waals surface area (Å²) in [4.78, 5) is 22.5. The van der Waals surface area contributed by atoms with Gasteiger partial charge in [0.1, 0.15) is 5.75 Å². The van der Waals surface area contributed by atoms with Crippen molar-refractivity contribution >= 4 is 22.7 Å². The Morgan fingerprint density at radius 1 is 0.938 bits per heavy atom. The van der Waals surface area contributed by atoms with Gasteiger partial charge in [0.25, 0.3) is 5.56 Å². The Morgan fingerprint density at radius 2 is 1.69 bits per heavy atom. The van der Waals surface area contributed by atoms with Crippen LogP contribution in [-0.2, 0) is 5.75 Å². The third kappa shape index (κ3) is 3.88. The molecule has 32 heavy (non-hydrogen) atoms. The van der Waals surface area contributed by atoms with Gasteiger partial charge in [-0.3, -0.25) is 9.36 Å². The van der Waals surface area contributed by atoms with Crippen LogP contribution in [0, 0.1) is 0 Å². The second-order valence-corrected chi connectivity index (χ2v) is 7.86. The van der Waals surface area contributed by atoms with Crippen LogP contribution >= 0.6 is 11.8 Å². The monoisotopic (exact) mass is 442 g/mol. The molecule has 0 aliphatic rings. The Kier molecular flexibility index (Phi) is 5.43. The number of aromatic nitrogens is 4. The fourth-order valence-electron chi connectivity index (χ4n) is 3.31. The van der Waals surface area contributed by atoms with Crippen LogP contribution in [0.25, 0.3) is 28.0 Å². The Bertz CT molecular complexity index is 1430. The van der Waals surface area contributed by atoms with Gasteiger partial charge in [0.2, 0.25) is 11.7 Å². The first-order valence-electron chi connectivity index (χ1n) is 9.90. The van der Waals surface area contributed by atoms with Crippen LogP contribution in [0.3, 0.4) is 0 Å². The first-order chi connectivity index (χ1) is 15.7. The zero-order valence-electron chi connectivity index (χ0n) is 17.1. The van der Waals surface area contributed by atoms with E-state index < -0.39 is 0 Å². The molecule has 0 amide bonds. The molecule has 0 unspecified atom stereocenters. The molecule has 2 heterocycles. The second kappa shape index (κ2) is 8.68. The van der Waals surface area contributed by atoms with Gasteiger partial charge in [-0.15, -0.1) is 0 Å². The minimum absolute atomic E-state index is 0.140. The van der Waals surface area contributed by atoms with Gasteiger partial charge in [-0.05, 0) is 36.4 Å². The normalized spacial score (nSPS) is 11.0. The molecule has 0 aliphatic carbocycles. The minimum Gasteiger partial charge on any atom is -0.497 e. The van der Waals surface area contributed by atoms with Crippen LogP contribution < -0.4 is 10.3 Å². The average Bonchev–Trinajstić information content (AvgIpc) is 3.33.